The SMILES string of the molecule is O=C(O)CCC1C(=O)NC(=S)NC1=O. The molecule has 6 nitrogen and oxygen atoms in total. The molecule has 0 aromatic carbocycles. The summed E-state index contributed by atoms with van der Waals surface area (Å²) in [7, 11) is 0. The minimum atomic E-state index is -1.04. The monoisotopic (exact) mass is 216 g/mol. The molecule has 0 aliphatic carbocycles. The van der Waals surface area contributed by atoms with Crippen molar-refractivity contribution in [3.63, 3.8) is 0 Å². The molecule has 14 heavy (non-hydrogen) atoms. The lowest BCUT2D eigenvalue weighted by molar-refractivity contribution is -0.138. The third-order valence-corrected chi connectivity index (χ3v) is 1.96. The second-order valence-electron chi connectivity index (χ2n) is 2.79. The van der Waals surface area contributed by atoms with Gasteiger partial charge in [0.15, 0.2) is 5.11 Å². The number of amides is 2. The molecular formula is C7H8N2O4S. The highest BCUT2D eigenvalue weighted by molar-refractivity contribution is 7.80. The first-order chi connectivity index (χ1) is 6.50. The van der Waals surface area contributed by atoms with Crippen LogP contribution in [0.4, 0.5) is 0 Å². The zero-order valence-electron chi connectivity index (χ0n) is 7.07. The fourth-order valence-corrected chi connectivity index (χ4v) is 1.28. The molecule has 0 atom stereocenters. The second-order valence-corrected chi connectivity index (χ2v) is 3.20. The Balaban J connectivity index is 2.59. The normalized spacial score (nSPS) is 17.6. The zero-order valence-corrected chi connectivity index (χ0v) is 7.89. The van der Waals surface area contributed by atoms with Crippen molar-refractivity contribution in [2.24, 2.45) is 5.92 Å². The van der Waals surface area contributed by atoms with Crippen molar-refractivity contribution in [1.29, 1.82) is 0 Å². The van der Waals surface area contributed by atoms with Crippen molar-refractivity contribution < 1.29 is 19.5 Å². The van der Waals surface area contributed by atoms with Gasteiger partial charge in [-0.2, -0.15) is 0 Å². The van der Waals surface area contributed by atoms with E-state index in [-0.39, 0.29) is 18.0 Å². The molecule has 3 N–H and O–H groups in total. The molecule has 7 heteroatoms. The molecule has 0 aromatic rings. The lowest BCUT2D eigenvalue weighted by Crippen LogP contribution is -2.55. The van der Waals surface area contributed by atoms with Crippen LogP contribution in [0.3, 0.4) is 0 Å². The van der Waals surface area contributed by atoms with Gasteiger partial charge in [0.05, 0.1) is 0 Å². The van der Waals surface area contributed by atoms with Crippen LogP contribution in [-0.2, 0) is 14.4 Å². The van der Waals surface area contributed by atoms with E-state index in [2.05, 4.69) is 22.9 Å². The highest BCUT2D eigenvalue weighted by Gasteiger charge is 2.32. The second kappa shape index (κ2) is 4.14. The third-order valence-electron chi connectivity index (χ3n) is 1.75. The number of carboxylic acid groups (broad SMARTS) is 1. The van der Waals surface area contributed by atoms with Gasteiger partial charge in [-0.15, -0.1) is 0 Å². The van der Waals surface area contributed by atoms with Crippen LogP contribution in [0.25, 0.3) is 0 Å². The molecule has 0 saturated carbocycles. The Morgan fingerprint density at radius 1 is 1.36 bits per heavy atom. The van der Waals surface area contributed by atoms with Gasteiger partial charge in [0.2, 0.25) is 11.8 Å². The molecule has 0 spiro atoms. The molecule has 0 aromatic heterocycles. The summed E-state index contributed by atoms with van der Waals surface area (Å²) in [6.07, 6.45) is -0.242. The van der Waals surface area contributed by atoms with E-state index >= 15 is 0 Å². The van der Waals surface area contributed by atoms with Crippen LogP contribution in [0.5, 0.6) is 0 Å². The van der Waals surface area contributed by atoms with Crippen LogP contribution >= 0.6 is 12.2 Å². The van der Waals surface area contributed by atoms with Crippen LogP contribution in [0.2, 0.25) is 0 Å². The molecule has 0 unspecified atom stereocenters. The molecular weight excluding hydrogens is 208 g/mol. The van der Waals surface area contributed by atoms with E-state index in [4.69, 9.17) is 5.11 Å². The van der Waals surface area contributed by atoms with Gasteiger partial charge >= 0.3 is 5.97 Å². The first-order valence-corrected chi connectivity index (χ1v) is 4.29. The van der Waals surface area contributed by atoms with Crippen LogP contribution in [0, 0.1) is 5.92 Å². The zero-order chi connectivity index (χ0) is 10.7. The average Bonchev–Trinajstić information content (AvgIpc) is 2.01. The van der Waals surface area contributed by atoms with Gasteiger partial charge in [0.25, 0.3) is 0 Å². The quantitative estimate of drug-likeness (QED) is 0.415. The van der Waals surface area contributed by atoms with Gasteiger partial charge < -0.3 is 15.7 Å². The van der Waals surface area contributed by atoms with Crippen molar-refractivity contribution in [3.8, 4) is 0 Å². The first kappa shape index (κ1) is 10.6. The van der Waals surface area contributed by atoms with Crippen molar-refractivity contribution >= 4 is 35.1 Å². The third kappa shape index (κ3) is 2.49. The van der Waals surface area contributed by atoms with E-state index in [1.54, 1.807) is 0 Å². The lowest BCUT2D eigenvalue weighted by Gasteiger charge is -2.21. The van der Waals surface area contributed by atoms with Gasteiger partial charge in [-0.05, 0) is 18.6 Å². The average molecular weight is 216 g/mol. The predicted octanol–water partition coefficient (Wildman–Crippen LogP) is -1.00. The number of carboxylic acids is 1. The molecule has 1 fully saturated rings. The Morgan fingerprint density at radius 3 is 2.29 bits per heavy atom. The van der Waals surface area contributed by atoms with Crippen LogP contribution in [0.15, 0.2) is 0 Å². The van der Waals surface area contributed by atoms with Crippen molar-refractivity contribution in [2.45, 2.75) is 12.8 Å². The molecule has 1 aliphatic rings. The maximum Gasteiger partial charge on any atom is 0.303 e. The highest BCUT2D eigenvalue weighted by Crippen LogP contribution is 2.09. The smallest absolute Gasteiger partial charge is 0.303 e. The number of rotatable bonds is 3. The molecule has 2 amide bonds. The topological polar surface area (TPSA) is 95.5 Å². The van der Waals surface area contributed by atoms with Crippen LogP contribution in [-0.4, -0.2) is 28.0 Å². The summed E-state index contributed by atoms with van der Waals surface area (Å²) in [5.74, 6) is -3.09. The molecule has 1 rings (SSSR count). The maximum absolute atomic E-state index is 11.2. The Labute approximate surface area is 84.7 Å². The summed E-state index contributed by atoms with van der Waals surface area (Å²) in [5.41, 5.74) is 0. The number of hydrogen-bond acceptors (Lipinski definition) is 4. The van der Waals surface area contributed by atoms with E-state index in [1.807, 2.05) is 0 Å². The Hall–Kier alpha value is -1.50. The van der Waals surface area contributed by atoms with E-state index in [0.717, 1.165) is 0 Å². The molecule has 0 bridgehead atoms. The summed E-state index contributed by atoms with van der Waals surface area (Å²) in [6.45, 7) is 0. The molecule has 0 radical (unpaired) electrons. The van der Waals surface area contributed by atoms with Gasteiger partial charge in [0, 0.05) is 6.42 Å². The van der Waals surface area contributed by atoms with E-state index in [0.29, 0.717) is 0 Å². The van der Waals surface area contributed by atoms with E-state index in [1.165, 1.54) is 0 Å². The Kier molecular flexibility index (Phi) is 3.13. The van der Waals surface area contributed by atoms with Gasteiger partial charge in [-0.25, -0.2) is 0 Å². The fraction of sp³-hybridized carbons (Fsp3) is 0.429. The van der Waals surface area contributed by atoms with E-state index in [9.17, 15) is 14.4 Å². The fourth-order valence-electron chi connectivity index (χ4n) is 1.08. The van der Waals surface area contributed by atoms with Gasteiger partial charge in [-0.1, -0.05) is 0 Å². The highest BCUT2D eigenvalue weighted by atomic mass is 32.1. The van der Waals surface area contributed by atoms with E-state index < -0.39 is 23.7 Å². The summed E-state index contributed by atoms with van der Waals surface area (Å²) in [5, 5.41) is 12.8. The summed E-state index contributed by atoms with van der Waals surface area (Å²) in [6, 6.07) is 0. The largest absolute Gasteiger partial charge is 0.481 e. The number of carbonyl (C=O) groups excluding carboxylic acids is 2. The maximum atomic E-state index is 11.2. The lowest BCUT2D eigenvalue weighted by atomic mass is 10.0. The molecule has 1 heterocycles. The Morgan fingerprint density at radius 2 is 1.86 bits per heavy atom. The Bertz CT molecular complexity index is 295. The summed E-state index contributed by atoms with van der Waals surface area (Å²) in [4.78, 5) is 32.6. The number of hydrogen-bond donors (Lipinski definition) is 3. The van der Waals surface area contributed by atoms with Crippen molar-refractivity contribution in [1.82, 2.24) is 10.6 Å². The summed E-state index contributed by atoms with van der Waals surface area (Å²) >= 11 is 4.57. The summed E-state index contributed by atoms with van der Waals surface area (Å²) < 4.78 is 0. The molecule has 1 saturated heterocycles. The first-order valence-electron chi connectivity index (χ1n) is 3.88. The number of nitrogens with one attached hydrogen (secondary N) is 2. The van der Waals surface area contributed by atoms with Crippen molar-refractivity contribution in [2.75, 3.05) is 0 Å². The number of thiocarbonyl (C=S) groups is 1. The minimum Gasteiger partial charge on any atom is -0.481 e. The van der Waals surface area contributed by atoms with Gasteiger partial charge in [0.1, 0.15) is 5.92 Å². The van der Waals surface area contributed by atoms with Crippen LogP contribution in [0.1, 0.15) is 12.8 Å². The van der Waals surface area contributed by atoms with Crippen molar-refractivity contribution in [3.05, 3.63) is 0 Å². The van der Waals surface area contributed by atoms with Gasteiger partial charge in [-0.3, -0.25) is 14.4 Å². The molecule has 1 aliphatic heterocycles. The van der Waals surface area contributed by atoms with Crippen LogP contribution < -0.4 is 10.6 Å². The number of carbonyl (C=O) groups is 3. The number of aliphatic carboxylic acids is 1. The minimum absolute atomic E-state index is 0.0182. The predicted molar refractivity (Wildman–Crippen MR) is 49.2 cm³/mol. The standard InChI is InChI=1S/C7H8N2O4S/c10-4(11)2-1-3-5(12)8-7(14)9-6(3)13/h3H,1-2H2,(H,10,11)(H2,8,9,12,13,14). The molecule has 76 valence electrons.